The van der Waals surface area contributed by atoms with Crippen molar-refractivity contribution in [2.45, 2.75) is 66.6 Å². The lowest BCUT2D eigenvalue weighted by Crippen LogP contribution is -2.44. The molecule has 4 rings (SSSR count). The fourth-order valence-corrected chi connectivity index (χ4v) is 5.07. The van der Waals surface area contributed by atoms with Gasteiger partial charge in [0.25, 0.3) is 0 Å². The van der Waals surface area contributed by atoms with Crippen LogP contribution in [0.15, 0.2) is 45.6 Å². The summed E-state index contributed by atoms with van der Waals surface area (Å²) in [5.41, 5.74) is 6.29. The Morgan fingerprint density at radius 3 is 1.57 bits per heavy atom. The average molecular weight is 734 g/mol. The third kappa shape index (κ3) is 8.29. The Morgan fingerprint density at radius 1 is 0.727 bits per heavy atom. The number of nitrogens with two attached hydrogens (primary N) is 1. The number of ether oxygens (including phenoxy) is 4. The maximum Gasteiger partial charge on any atom is 0.425 e. The number of carbonyl (C=O) groups is 2. The number of methoxy groups -OCH3 is 2. The van der Waals surface area contributed by atoms with Crippen LogP contribution in [0.3, 0.4) is 0 Å². The smallest absolute Gasteiger partial charge is 0.425 e. The van der Waals surface area contributed by atoms with Crippen LogP contribution < -0.4 is 20.1 Å². The molecule has 10 nitrogen and oxygen atoms in total. The summed E-state index contributed by atoms with van der Waals surface area (Å²) < 4.78 is 23.4. The van der Waals surface area contributed by atoms with Crippen molar-refractivity contribution in [3.05, 3.63) is 56.7 Å². The highest BCUT2D eigenvalue weighted by atomic mass is 79.9. The van der Waals surface area contributed by atoms with Gasteiger partial charge in [0.2, 0.25) is 0 Å². The van der Waals surface area contributed by atoms with Gasteiger partial charge in [-0.25, -0.2) is 19.6 Å². The Labute approximate surface area is 274 Å². The van der Waals surface area contributed by atoms with Gasteiger partial charge in [0.05, 0.1) is 25.0 Å². The molecule has 2 heterocycles. The van der Waals surface area contributed by atoms with Gasteiger partial charge in [0.15, 0.2) is 5.82 Å². The summed E-state index contributed by atoms with van der Waals surface area (Å²) in [6.45, 7) is 14.2. The van der Waals surface area contributed by atoms with Gasteiger partial charge >= 0.3 is 12.2 Å². The molecule has 0 saturated carbocycles. The number of carbonyl (C=O) groups excluding carboxylic acids is 2. The molecular formula is C32H38Br2N4O6. The molecule has 0 fully saturated rings. The fraction of sp³-hybridized carbons (Fsp3) is 0.375. The molecule has 2 aromatic carbocycles. The van der Waals surface area contributed by atoms with Gasteiger partial charge in [-0.15, -0.1) is 0 Å². The number of pyridine rings is 2. The number of rotatable bonds is 3. The number of benzene rings is 2. The van der Waals surface area contributed by atoms with E-state index in [1.165, 1.54) is 13.3 Å². The van der Waals surface area contributed by atoms with E-state index in [9.17, 15) is 9.59 Å². The zero-order chi connectivity index (χ0) is 33.1. The number of halogens is 2. The van der Waals surface area contributed by atoms with E-state index < -0.39 is 23.4 Å². The van der Waals surface area contributed by atoms with E-state index in [2.05, 4.69) is 47.9 Å². The first-order valence-corrected chi connectivity index (χ1v) is 15.2. The highest BCUT2D eigenvalue weighted by Gasteiger charge is 2.35. The number of fused-ring (bicyclic) bond motifs is 2. The molecule has 12 heteroatoms. The van der Waals surface area contributed by atoms with Crippen LogP contribution in [0.25, 0.3) is 21.5 Å². The topological polar surface area (TPSA) is 126 Å². The zero-order valence-corrected chi connectivity index (χ0v) is 29.8. The second-order valence-corrected chi connectivity index (χ2v) is 13.7. The van der Waals surface area contributed by atoms with Gasteiger partial charge in [0, 0.05) is 32.1 Å². The molecule has 0 aliphatic carbocycles. The molecule has 0 aliphatic heterocycles. The number of imide groups is 1. The number of nitrogens with zero attached hydrogens (tertiary/aromatic N) is 3. The standard InChI is InChI=1S/C21H27BrN2O5.C11H11BrN2O/c1-12-9-13-14(22)11-23-17(16(13)15(10-12)27-8)24(18(25)28-20(2,3)4)19(26)29-21(5,6)7;1-6-3-7-8(12)5-14-11(13)10(7)9(4-6)15-2/h9-11H,1-8H3;3-5H,1-2H3,(H2,13,14). The Hall–Kier alpha value is -3.64. The highest BCUT2D eigenvalue weighted by Crippen LogP contribution is 2.39. The molecule has 0 unspecified atom stereocenters. The summed E-state index contributed by atoms with van der Waals surface area (Å²) in [6.07, 6.45) is 1.46. The van der Waals surface area contributed by atoms with Crippen molar-refractivity contribution < 1.29 is 28.5 Å². The molecule has 0 aliphatic rings. The molecule has 0 bridgehead atoms. The van der Waals surface area contributed by atoms with Crippen molar-refractivity contribution in [1.29, 1.82) is 0 Å². The van der Waals surface area contributed by atoms with Crippen LogP contribution in [0.4, 0.5) is 21.2 Å². The average Bonchev–Trinajstić information content (AvgIpc) is 2.89. The van der Waals surface area contributed by atoms with Crippen LogP contribution in [0.5, 0.6) is 11.5 Å². The van der Waals surface area contributed by atoms with Crippen LogP contribution in [0, 0.1) is 13.8 Å². The lowest BCUT2D eigenvalue weighted by Gasteiger charge is -2.29. The Bertz CT molecular complexity index is 1690. The number of nitrogen functional groups attached to an aromatic ring is 1. The Kier molecular flexibility index (Phi) is 10.7. The van der Waals surface area contributed by atoms with Crippen LogP contribution in [0.1, 0.15) is 52.7 Å². The molecule has 0 radical (unpaired) electrons. The SMILES string of the molecule is COc1cc(C)cc2c(Br)cnc(N(C(=O)OC(C)(C)C)C(=O)OC(C)(C)C)c12.COc1cc(C)cc2c(Br)cnc(N)c12. The van der Waals surface area contributed by atoms with Gasteiger partial charge in [-0.2, -0.15) is 4.90 Å². The molecule has 0 spiro atoms. The zero-order valence-electron chi connectivity index (χ0n) is 26.6. The first kappa shape index (κ1) is 34.8. The second-order valence-electron chi connectivity index (χ2n) is 12.0. The molecule has 44 heavy (non-hydrogen) atoms. The highest BCUT2D eigenvalue weighted by molar-refractivity contribution is 9.11. The van der Waals surface area contributed by atoms with E-state index in [-0.39, 0.29) is 5.82 Å². The third-order valence-electron chi connectivity index (χ3n) is 5.91. The molecule has 2 aromatic heterocycles. The number of aromatic nitrogens is 2. The maximum absolute atomic E-state index is 13.0. The van der Waals surface area contributed by atoms with Crippen molar-refractivity contribution in [3.8, 4) is 11.5 Å². The Morgan fingerprint density at radius 2 is 1.14 bits per heavy atom. The van der Waals surface area contributed by atoms with Crippen LogP contribution >= 0.6 is 31.9 Å². The number of amides is 2. The predicted molar refractivity (Wildman–Crippen MR) is 181 cm³/mol. The summed E-state index contributed by atoms with van der Waals surface area (Å²) in [5, 5.41) is 3.12. The van der Waals surface area contributed by atoms with Gasteiger partial charge in [-0.3, -0.25) is 0 Å². The van der Waals surface area contributed by atoms with Crippen molar-refractivity contribution in [3.63, 3.8) is 0 Å². The molecule has 4 aromatic rings. The van der Waals surface area contributed by atoms with E-state index in [0.29, 0.717) is 21.4 Å². The number of anilines is 2. The molecule has 2 amide bonds. The monoisotopic (exact) mass is 732 g/mol. The van der Waals surface area contributed by atoms with Gasteiger partial charge in [-0.05, 0) is 123 Å². The number of hydrogen-bond acceptors (Lipinski definition) is 9. The molecular weight excluding hydrogens is 696 g/mol. The lowest BCUT2D eigenvalue weighted by atomic mass is 10.1. The summed E-state index contributed by atoms with van der Waals surface area (Å²) in [7, 11) is 3.15. The van der Waals surface area contributed by atoms with E-state index in [1.54, 1.807) is 54.8 Å². The van der Waals surface area contributed by atoms with Crippen molar-refractivity contribution in [1.82, 2.24) is 9.97 Å². The van der Waals surface area contributed by atoms with E-state index in [0.717, 1.165) is 42.4 Å². The van der Waals surface area contributed by atoms with Crippen molar-refractivity contribution in [2.75, 3.05) is 24.9 Å². The van der Waals surface area contributed by atoms with E-state index in [4.69, 9.17) is 24.7 Å². The predicted octanol–water partition coefficient (Wildman–Crippen LogP) is 8.89. The van der Waals surface area contributed by atoms with E-state index >= 15 is 0 Å². The van der Waals surface area contributed by atoms with Gasteiger partial charge < -0.3 is 24.7 Å². The summed E-state index contributed by atoms with van der Waals surface area (Å²) in [5.74, 6) is 1.80. The minimum absolute atomic E-state index is 0.0727. The minimum Gasteiger partial charge on any atom is -0.496 e. The maximum atomic E-state index is 13.0. The van der Waals surface area contributed by atoms with Crippen LogP contribution in [-0.2, 0) is 9.47 Å². The van der Waals surface area contributed by atoms with Gasteiger partial charge in [-0.1, -0.05) is 0 Å². The van der Waals surface area contributed by atoms with E-state index in [1.807, 2.05) is 32.0 Å². The molecule has 2 N–H and O–H groups in total. The number of hydrogen-bond donors (Lipinski definition) is 1. The normalized spacial score (nSPS) is 11.5. The molecule has 0 saturated heterocycles. The molecule has 0 atom stereocenters. The second kappa shape index (κ2) is 13.6. The summed E-state index contributed by atoms with van der Waals surface area (Å²) >= 11 is 6.94. The minimum atomic E-state index is -0.884. The Balaban J connectivity index is 0.000000293. The first-order valence-electron chi connectivity index (χ1n) is 13.6. The molecule has 236 valence electrons. The largest absolute Gasteiger partial charge is 0.496 e. The third-order valence-corrected chi connectivity index (χ3v) is 7.17. The lowest BCUT2D eigenvalue weighted by molar-refractivity contribution is 0.0429. The number of aryl methyl sites for hydroxylation is 2. The quantitative estimate of drug-likeness (QED) is 0.220. The van der Waals surface area contributed by atoms with Crippen LogP contribution in [0.2, 0.25) is 0 Å². The van der Waals surface area contributed by atoms with Crippen molar-refractivity contribution >= 4 is 77.2 Å². The fourth-order valence-electron chi connectivity index (χ4n) is 4.24. The summed E-state index contributed by atoms with van der Waals surface area (Å²) in [6, 6.07) is 7.73. The van der Waals surface area contributed by atoms with Crippen molar-refractivity contribution in [2.24, 2.45) is 0 Å². The first-order chi connectivity index (χ1) is 20.4. The summed E-state index contributed by atoms with van der Waals surface area (Å²) in [4.78, 5) is 35.2. The van der Waals surface area contributed by atoms with Crippen LogP contribution in [-0.4, -0.2) is 47.6 Å². The van der Waals surface area contributed by atoms with Gasteiger partial charge in [0.1, 0.15) is 28.5 Å².